The molecule has 1 rings (SSSR count). The zero-order chi connectivity index (χ0) is 8.97. The number of hydrogen-bond acceptors (Lipinski definition) is 0. The summed E-state index contributed by atoms with van der Waals surface area (Å²) in [6, 6.07) is 10.6. The van der Waals surface area contributed by atoms with Crippen molar-refractivity contribution in [1.82, 2.24) is 0 Å². The third-order valence-electron chi connectivity index (χ3n) is 1.92. The summed E-state index contributed by atoms with van der Waals surface area (Å²) in [4.78, 5) is 0. The molecule has 0 nitrogen and oxygen atoms in total. The second-order valence-electron chi connectivity index (χ2n) is 3.05. The van der Waals surface area contributed by atoms with E-state index in [-0.39, 0.29) is 7.92 Å². The highest BCUT2D eigenvalue weighted by atomic mass is 31.1. The summed E-state index contributed by atoms with van der Waals surface area (Å²) >= 11 is 0. The lowest BCUT2D eigenvalue weighted by Crippen LogP contribution is -1.90. The maximum Gasteiger partial charge on any atom is 0.0213 e. The minimum atomic E-state index is 0.0417. The van der Waals surface area contributed by atoms with Gasteiger partial charge >= 0.3 is 0 Å². The molecule has 0 fully saturated rings. The molecule has 0 N–H and O–H groups in total. The van der Waals surface area contributed by atoms with Gasteiger partial charge in [-0.25, -0.2) is 0 Å². The van der Waals surface area contributed by atoms with Crippen molar-refractivity contribution in [2.75, 3.05) is 13.3 Å². The molecule has 0 amide bonds. The molecular formula is C11H15P. The van der Waals surface area contributed by atoms with E-state index in [2.05, 4.69) is 56.3 Å². The molecule has 1 unspecified atom stereocenters. The number of allylic oxidation sites excluding steroid dienone is 1. The van der Waals surface area contributed by atoms with Crippen molar-refractivity contribution >= 4 is 7.92 Å². The molecule has 12 heavy (non-hydrogen) atoms. The van der Waals surface area contributed by atoms with Crippen molar-refractivity contribution < 1.29 is 0 Å². The zero-order valence-electron chi connectivity index (χ0n) is 7.70. The topological polar surface area (TPSA) is 0 Å². The van der Waals surface area contributed by atoms with E-state index in [0.717, 1.165) is 0 Å². The van der Waals surface area contributed by atoms with Crippen molar-refractivity contribution in [1.29, 1.82) is 0 Å². The van der Waals surface area contributed by atoms with Crippen LogP contribution in [0.1, 0.15) is 11.2 Å². The fourth-order valence-electron chi connectivity index (χ4n) is 1.30. The molecule has 1 heteroatoms. The molecule has 0 saturated heterocycles. The van der Waals surface area contributed by atoms with Crippen LogP contribution in [0.5, 0.6) is 0 Å². The van der Waals surface area contributed by atoms with Gasteiger partial charge in [0.15, 0.2) is 0 Å². The van der Waals surface area contributed by atoms with Crippen LogP contribution in [0, 0.1) is 0 Å². The molecule has 0 aliphatic carbocycles. The van der Waals surface area contributed by atoms with E-state index < -0.39 is 0 Å². The number of rotatable bonds is 3. The molecule has 64 valence electrons. The van der Waals surface area contributed by atoms with Crippen molar-refractivity contribution in [3.05, 3.63) is 48.6 Å². The standard InChI is InChI=1S/C11H15P/c1-4-11(12(2)3)10-8-6-5-7-9-10/h4-9,11H,1H2,2-3H3. The highest BCUT2D eigenvalue weighted by molar-refractivity contribution is 7.56. The van der Waals surface area contributed by atoms with Crippen LogP contribution in [0.3, 0.4) is 0 Å². The summed E-state index contributed by atoms with van der Waals surface area (Å²) in [6.07, 6.45) is 2.06. The van der Waals surface area contributed by atoms with Crippen LogP contribution >= 0.6 is 7.92 Å². The Labute approximate surface area is 76.1 Å². The molecule has 0 bridgehead atoms. The largest absolute Gasteiger partial charge is 0.102 e. The van der Waals surface area contributed by atoms with Crippen molar-refractivity contribution in [3.63, 3.8) is 0 Å². The Balaban J connectivity index is 2.88. The minimum absolute atomic E-state index is 0.0417. The van der Waals surface area contributed by atoms with Gasteiger partial charge in [-0.3, -0.25) is 0 Å². The Morgan fingerprint density at radius 1 is 1.25 bits per heavy atom. The van der Waals surface area contributed by atoms with Gasteiger partial charge in [-0.15, -0.1) is 14.5 Å². The molecule has 1 aromatic carbocycles. The Morgan fingerprint density at radius 2 is 1.83 bits per heavy atom. The Kier molecular flexibility index (Phi) is 3.49. The maximum atomic E-state index is 3.87. The lowest BCUT2D eigenvalue weighted by Gasteiger charge is -2.17. The monoisotopic (exact) mass is 178 g/mol. The quantitative estimate of drug-likeness (QED) is 0.489. The smallest absolute Gasteiger partial charge is 0.0213 e. The summed E-state index contributed by atoms with van der Waals surface area (Å²) in [7, 11) is 0.0417. The highest BCUT2D eigenvalue weighted by Gasteiger charge is 2.09. The molecule has 0 saturated carbocycles. The first-order chi connectivity index (χ1) is 5.75. The third kappa shape index (κ3) is 2.19. The third-order valence-corrected chi connectivity index (χ3v) is 3.54. The van der Waals surface area contributed by atoms with E-state index in [9.17, 15) is 0 Å². The van der Waals surface area contributed by atoms with Crippen LogP contribution in [0.25, 0.3) is 0 Å². The van der Waals surface area contributed by atoms with E-state index in [4.69, 9.17) is 0 Å². The van der Waals surface area contributed by atoms with E-state index in [0.29, 0.717) is 5.66 Å². The van der Waals surface area contributed by atoms with Gasteiger partial charge in [0.1, 0.15) is 0 Å². The predicted octanol–water partition coefficient (Wildman–Crippen LogP) is 3.66. The van der Waals surface area contributed by atoms with Crippen LogP contribution in [0.2, 0.25) is 0 Å². The molecule has 1 aromatic rings. The van der Waals surface area contributed by atoms with Gasteiger partial charge in [-0.05, 0) is 18.9 Å². The fourth-order valence-corrected chi connectivity index (χ4v) is 2.49. The van der Waals surface area contributed by atoms with Crippen LogP contribution in [0.4, 0.5) is 0 Å². The van der Waals surface area contributed by atoms with Gasteiger partial charge in [0.25, 0.3) is 0 Å². The van der Waals surface area contributed by atoms with Crippen molar-refractivity contribution in [3.8, 4) is 0 Å². The average molecular weight is 178 g/mol. The SMILES string of the molecule is C=CC(c1ccccc1)P(C)C. The first-order valence-electron chi connectivity index (χ1n) is 4.09. The van der Waals surface area contributed by atoms with E-state index in [1.165, 1.54) is 5.56 Å². The normalized spacial score (nSPS) is 12.9. The van der Waals surface area contributed by atoms with Gasteiger partial charge in [0.05, 0.1) is 0 Å². The molecule has 0 aliphatic heterocycles. The van der Waals surface area contributed by atoms with Gasteiger partial charge < -0.3 is 0 Å². The summed E-state index contributed by atoms with van der Waals surface area (Å²) < 4.78 is 0. The molecule has 0 spiro atoms. The second kappa shape index (κ2) is 4.42. The predicted molar refractivity (Wildman–Crippen MR) is 58.1 cm³/mol. The first kappa shape index (κ1) is 9.48. The molecule has 0 radical (unpaired) electrons. The zero-order valence-corrected chi connectivity index (χ0v) is 8.59. The molecule has 1 atom stereocenters. The Bertz CT molecular complexity index is 238. The van der Waals surface area contributed by atoms with Crippen molar-refractivity contribution in [2.45, 2.75) is 5.66 Å². The highest BCUT2D eigenvalue weighted by Crippen LogP contribution is 2.45. The van der Waals surface area contributed by atoms with E-state index in [1.807, 2.05) is 0 Å². The van der Waals surface area contributed by atoms with Gasteiger partial charge in [-0.1, -0.05) is 36.4 Å². The summed E-state index contributed by atoms with van der Waals surface area (Å²) in [5.74, 6) is 0. The minimum Gasteiger partial charge on any atom is -0.102 e. The number of benzene rings is 1. The van der Waals surface area contributed by atoms with E-state index >= 15 is 0 Å². The molecule has 0 aromatic heterocycles. The van der Waals surface area contributed by atoms with Crippen LogP contribution < -0.4 is 0 Å². The van der Waals surface area contributed by atoms with Crippen LogP contribution in [-0.4, -0.2) is 13.3 Å². The van der Waals surface area contributed by atoms with Gasteiger partial charge in [0, 0.05) is 5.66 Å². The van der Waals surface area contributed by atoms with Crippen LogP contribution in [0.15, 0.2) is 43.0 Å². The average Bonchev–Trinajstić information content (AvgIpc) is 2.07. The second-order valence-corrected chi connectivity index (χ2v) is 5.54. The summed E-state index contributed by atoms with van der Waals surface area (Å²) in [5, 5.41) is 0. The van der Waals surface area contributed by atoms with Crippen molar-refractivity contribution in [2.24, 2.45) is 0 Å². The van der Waals surface area contributed by atoms with E-state index in [1.54, 1.807) is 0 Å². The molecule has 0 heterocycles. The Hall–Kier alpha value is -0.610. The number of hydrogen-bond donors (Lipinski definition) is 0. The molecular weight excluding hydrogens is 163 g/mol. The lowest BCUT2D eigenvalue weighted by molar-refractivity contribution is 1.21. The molecule has 0 aliphatic rings. The fraction of sp³-hybridized carbons (Fsp3) is 0.273. The van der Waals surface area contributed by atoms with Gasteiger partial charge in [-0.2, -0.15) is 0 Å². The lowest BCUT2D eigenvalue weighted by atomic mass is 10.1. The first-order valence-corrected chi connectivity index (χ1v) is 6.40. The maximum absolute atomic E-state index is 3.87. The Morgan fingerprint density at radius 3 is 2.25 bits per heavy atom. The van der Waals surface area contributed by atoms with Gasteiger partial charge in [0.2, 0.25) is 0 Å². The summed E-state index contributed by atoms with van der Waals surface area (Å²) in [5.41, 5.74) is 1.95. The summed E-state index contributed by atoms with van der Waals surface area (Å²) in [6.45, 7) is 8.45. The van der Waals surface area contributed by atoms with Crippen LogP contribution in [-0.2, 0) is 0 Å².